The second-order valence-corrected chi connectivity index (χ2v) is 5.21. The monoisotopic (exact) mass is 355 g/mol. The Morgan fingerprint density at radius 3 is 2.73 bits per heavy atom. The van der Waals surface area contributed by atoms with Gasteiger partial charge < -0.3 is 20.3 Å². The number of hydrazine groups is 1. The molecule has 0 radical (unpaired) electrons. The summed E-state index contributed by atoms with van der Waals surface area (Å²) >= 11 is 0. The molecular weight excluding hydrogens is 338 g/mol. The van der Waals surface area contributed by atoms with Crippen molar-refractivity contribution in [2.45, 2.75) is 6.92 Å². The van der Waals surface area contributed by atoms with Crippen LogP contribution in [0.3, 0.4) is 0 Å². The maximum absolute atomic E-state index is 11.9. The van der Waals surface area contributed by atoms with Gasteiger partial charge >= 0.3 is 0 Å². The molecule has 0 bridgehead atoms. The van der Waals surface area contributed by atoms with E-state index >= 15 is 0 Å². The molecule has 26 heavy (non-hydrogen) atoms. The zero-order valence-corrected chi connectivity index (χ0v) is 13.9. The summed E-state index contributed by atoms with van der Waals surface area (Å²) in [7, 11) is 0. The minimum Gasteiger partial charge on any atom is -0.484 e. The second-order valence-electron chi connectivity index (χ2n) is 5.21. The highest BCUT2D eigenvalue weighted by atomic mass is 16.5. The summed E-state index contributed by atoms with van der Waals surface area (Å²) in [5.41, 5.74) is 11.3. The van der Waals surface area contributed by atoms with E-state index in [-0.39, 0.29) is 18.1 Å². The molecule has 3 rings (SSSR count). The van der Waals surface area contributed by atoms with Gasteiger partial charge in [-0.2, -0.15) is 0 Å². The third-order valence-electron chi connectivity index (χ3n) is 3.19. The Morgan fingerprint density at radius 2 is 2.00 bits per heavy atom. The van der Waals surface area contributed by atoms with Crippen molar-refractivity contribution >= 4 is 29.0 Å². The molecule has 2 heterocycles. The number of amides is 1. The lowest BCUT2D eigenvalue weighted by Crippen LogP contribution is -2.34. The predicted octanol–water partition coefficient (Wildman–Crippen LogP) is 1.62. The number of aryl methyl sites for hydroxylation is 1. The number of para-hydroxylation sites is 1. The van der Waals surface area contributed by atoms with Crippen LogP contribution in [0.4, 0.5) is 23.1 Å². The van der Waals surface area contributed by atoms with Gasteiger partial charge in [0.25, 0.3) is 5.91 Å². The summed E-state index contributed by atoms with van der Waals surface area (Å²) in [6.07, 6.45) is 1.29. The minimum atomic E-state index is -0.395. The first-order chi connectivity index (χ1) is 12.6. The number of carbonyl (C=O) groups is 1. The molecule has 3 aromatic rings. The van der Waals surface area contributed by atoms with Gasteiger partial charge in [-0.05, 0) is 19.1 Å². The molecular formula is C16H17N7O3. The van der Waals surface area contributed by atoms with Gasteiger partial charge in [-0.15, -0.1) is 0 Å². The van der Waals surface area contributed by atoms with Crippen LogP contribution in [-0.2, 0) is 4.79 Å². The van der Waals surface area contributed by atoms with Crippen molar-refractivity contribution in [1.29, 1.82) is 0 Å². The maximum Gasteiger partial charge on any atom is 0.276 e. The SMILES string of the molecule is Cc1cc(Nc2ncnc(NNC(=O)COc3ccccc3)c2N)no1. The van der Waals surface area contributed by atoms with Crippen LogP contribution in [0.1, 0.15) is 5.76 Å². The Morgan fingerprint density at radius 1 is 1.23 bits per heavy atom. The van der Waals surface area contributed by atoms with Gasteiger partial charge in [0.05, 0.1) is 0 Å². The number of hydrogen-bond acceptors (Lipinski definition) is 9. The largest absolute Gasteiger partial charge is 0.484 e. The summed E-state index contributed by atoms with van der Waals surface area (Å²) in [6, 6.07) is 10.7. The summed E-state index contributed by atoms with van der Waals surface area (Å²) < 4.78 is 10.3. The molecule has 0 fully saturated rings. The third kappa shape index (κ3) is 4.38. The average molecular weight is 355 g/mol. The summed E-state index contributed by atoms with van der Waals surface area (Å²) in [5.74, 6) is 1.86. The Hall–Kier alpha value is -3.82. The van der Waals surface area contributed by atoms with Gasteiger partial charge in [-0.25, -0.2) is 9.97 Å². The number of nitrogens with two attached hydrogens (primary N) is 1. The molecule has 0 atom stereocenters. The number of hydrogen-bond donors (Lipinski definition) is 4. The minimum absolute atomic E-state index is 0.161. The number of aromatic nitrogens is 3. The number of anilines is 4. The maximum atomic E-state index is 11.9. The number of ether oxygens (including phenoxy) is 1. The van der Waals surface area contributed by atoms with Crippen molar-refractivity contribution in [3.05, 3.63) is 48.5 Å². The van der Waals surface area contributed by atoms with Crippen LogP contribution in [0, 0.1) is 6.92 Å². The molecule has 1 amide bonds. The lowest BCUT2D eigenvalue weighted by Gasteiger charge is -2.12. The van der Waals surface area contributed by atoms with E-state index in [1.165, 1.54) is 6.33 Å². The number of rotatable bonds is 7. The fourth-order valence-corrected chi connectivity index (χ4v) is 1.97. The van der Waals surface area contributed by atoms with E-state index in [1.807, 2.05) is 18.2 Å². The van der Waals surface area contributed by atoms with Gasteiger partial charge in [-0.1, -0.05) is 23.4 Å². The Bertz CT molecular complexity index is 883. The highest BCUT2D eigenvalue weighted by Gasteiger charge is 2.11. The van der Waals surface area contributed by atoms with Crippen LogP contribution in [0.5, 0.6) is 5.75 Å². The van der Waals surface area contributed by atoms with Gasteiger partial charge in [0.2, 0.25) is 0 Å². The van der Waals surface area contributed by atoms with Gasteiger partial charge in [0.1, 0.15) is 23.5 Å². The summed E-state index contributed by atoms with van der Waals surface area (Å²) in [4.78, 5) is 19.9. The first kappa shape index (κ1) is 17.0. The molecule has 0 saturated carbocycles. The second kappa shape index (κ2) is 7.83. The van der Waals surface area contributed by atoms with Crippen molar-refractivity contribution in [2.75, 3.05) is 23.1 Å². The molecule has 5 N–H and O–H groups in total. The van der Waals surface area contributed by atoms with Gasteiger partial charge in [0, 0.05) is 6.07 Å². The highest BCUT2D eigenvalue weighted by Crippen LogP contribution is 2.24. The predicted molar refractivity (Wildman–Crippen MR) is 94.7 cm³/mol. The molecule has 0 saturated heterocycles. The summed E-state index contributed by atoms with van der Waals surface area (Å²) in [6.45, 7) is 1.60. The number of carbonyl (C=O) groups excluding carboxylic acids is 1. The van der Waals surface area contributed by atoms with E-state index in [2.05, 4.69) is 31.3 Å². The Labute approximate surface area is 148 Å². The van der Waals surface area contributed by atoms with Crippen LogP contribution in [-0.4, -0.2) is 27.6 Å². The van der Waals surface area contributed by atoms with Crippen LogP contribution in [0.2, 0.25) is 0 Å². The lowest BCUT2D eigenvalue weighted by atomic mass is 10.3. The van der Waals surface area contributed by atoms with Crippen molar-refractivity contribution in [2.24, 2.45) is 0 Å². The van der Waals surface area contributed by atoms with Gasteiger partial charge in [0.15, 0.2) is 24.1 Å². The lowest BCUT2D eigenvalue weighted by molar-refractivity contribution is -0.122. The van der Waals surface area contributed by atoms with E-state index in [1.54, 1.807) is 25.1 Å². The van der Waals surface area contributed by atoms with Crippen molar-refractivity contribution < 1.29 is 14.1 Å². The van der Waals surface area contributed by atoms with Crippen LogP contribution >= 0.6 is 0 Å². The molecule has 10 heteroatoms. The fraction of sp³-hybridized carbons (Fsp3) is 0.125. The normalized spacial score (nSPS) is 10.2. The molecule has 0 unspecified atom stereocenters. The Kier molecular flexibility index (Phi) is 5.13. The standard InChI is InChI=1S/C16H17N7O3/c1-10-7-12(23-26-10)20-15-14(17)16(19-9-18-15)22-21-13(24)8-25-11-5-3-2-4-6-11/h2-7,9H,8,17H2,1H3,(H,21,24)(H2,18,19,20,22,23). The third-order valence-corrected chi connectivity index (χ3v) is 3.19. The topological polar surface area (TPSA) is 140 Å². The number of nitrogen functional groups attached to an aromatic ring is 1. The van der Waals surface area contributed by atoms with E-state index in [0.29, 0.717) is 23.1 Å². The van der Waals surface area contributed by atoms with Crippen LogP contribution in [0.25, 0.3) is 0 Å². The molecule has 1 aromatic carbocycles. The van der Waals surface area contributed by atoms with Crippen LogP contribution < -0.4 is 26.6 Å². The van der Waals surface area contributed by atoms with E-state index in [0.717, 1.165) is 0 Å². The molecule has 0 aliphatic rings. The van der Waals surface area contributed by atoms with E-state index in [4.69, 9.17) is 15.0 Å². The fourth-order valence-electron chi connectivity index (χ4n) is 1.97. The zero-order valence-electron chi connectivity index (χ0n) is 13.9. The van der Waals surface area contributed by atoms with Crippen molar-refractivity contribution in [1.82, 2.24) is 20.6 Å². The number of nitrogens with one attached hydrogen (secondary N) is 3. The van der Waals surface area contributed by atoms with E-state index in [9.17, 15) is 4.79 Å². The first-order valence-electron chi connectivity index (χ1n) is 7.65. The van der Waals surface area contributed by atoms with Crippen molar-refractivity contribution in [3.63, 3.8) is 0 Å². The molecule has 0 aliphatic heterocycles. The highest BCUT2D eigenvalue weighted by molar-refractivity contribution is 5.81. The number of nitrogens with zero attached hydrogens (tertiary/aromatic N) is 3. The Balaban J connectivity index is 1.56. The number of benzene rings is 1. The molecule has 10 nitrogen and oxygen atoms in total. The molecule has 134 valence electrons. The van der Waals surface area contributed by atoms with E-state index < -0.39 is 5.91 Å². The molecule has 0 spiro atoms. The average Bonchev–Trinajstić information content (AvgIpc) is 3.06. The smallest absolute Gasteiger partial charge is 0.276 e. The van der Waals surface area contributed by atoms with Gasteiger partial charge in [-0.3, -0.25) is 15.6 Å². The molecule has 0 aliphatic carbocycles. The zero-order chi connectivity index (χ0) is 18.4. The molecule has 2 aromatic heterocycles. The van der Waals surface area contributed by atoms with Crippen molar-refractivity contribution in [3.8, 4) is 5.75 Å². The summed E-state index contributed by atoms with van der Waals surface area (Å²) in [5, 5.41) is 6.71. The van der Waals surface area contributed by atoms with Crippen LogP contribution in [0.15, 0.2) is 47.2 Å². The quantitative estimate of drug-likeness (QED) is 0.465. The first-order valence-corrected chi connectivity index (χ1v) is 7.65.